The highest BCUT2D eigenvalue weighted by Crippen LogP contribution is 2.24. The minimum absolute atomic E-state index is 0.599. The topological polar surface area (TPSA) is 53.3 Å². The molecule has 0 saturated heterocycles. The zero-order chi connectivity index (χ0) is 14.6. The van der Waals surface area contributed by atoms with Gasteiger partial charge in [-0.2, -0.15) is 5.10 Å². The van der Waals surface area contributed by atoms with E-state index in [1.165, 1.54) is 5.56 Å². The fraction of sp³-hybridized carbons (Fsp3) is 0.786. The smallest absolute Gasteiger partial charge is 0.131 e. The molecule has 1 aromatic heterocycles. The first-order valence-corrected chi connectivity index (χ1v) is 7.00. The minimum atomic E-state index is -0.719. The molecule has 1 heterocycles. The zero-order valence-electron chi connectivity index (χ0n) is 13.1. The molecule has 5 heteroatoms. The third kappa shape index (κ3) is 4.21. The molecular weight excluding hydrogens is 240 g/mol. The van der Waals surface area contributed by atoms with Crippen molar-refractivity contribution >= 4 is 5.82 Å². The van der Waals surface area contributed by atoms with Crippen LogP contribution in [0.4, 0.5) is 5.82 Å². The molecular formula is C14H28N4O. The van der Waals surface area contributed by atoms with Crippen LogP contribution >= 0.6 is 0 Å². The number of anilines is 1. The first-order chi connectivity index (χ1) is 8.80. The monoisotopic (exact) mass is 268 g/mol. The molecule has 1 aromatic rings. The van der Waals surface area contributed by atoms with Crippen molar-refractivity contribution in [3.63, 3.8) is 0 Å². The summed E-state index contributed by atoms with van der Waals surface area (Å²) in [4.78, 5) is 2.19. The summed E-state index contributed by atoms with van der Waals surface area (Å²) >= 11 is 0. The second-order valence-electron chi connectivity index (χ2n) is 5.62. The quantitative estimate of drug-likeness (QED) is 0.785. The fourth-order valence-corrected chi connectivity index (χ4v) is 2.35. The summed E-state index contributed by atoms with van der Waals surface area (Å²) < 4.78 is 1.91. The van der Waals surface area contributed by atoms with Crippen LogP contribution in [0.5, 0.6) is 0 Å². The summed E-state index contributed by atoms with van der Waals surface area (Å²) in [5.41, 5.74) is 1.55. The van der Waals surface area contributed by atoms with Gasteiger partial charge in [0.2, 0.25) is 0 Å². The van der Waals surface area contributed by atoms with Crippen LogP contribution in [-0.4, -0.2) is 40.1 Å². The van der Waals surface area contributed by atoms with Gasteiger partial charge < -0.3 is 15.3 Å². The molecule has 1 rings (SSSR count). The van der Waals surface area contributed by atoms with Gasteiger partial charge in [0.1, 0.15) is 5.82 Å². The number of nitrogens with zero attached hydrogens (tertiary/aromatic N) is 3. The molecule has 0 unspecified atom stereocenters. The van der Waals surface area contributed by atoms with Crippen molar-refractivity contribution < 1.29 is 5.11 Å². The lowest BCUT2D eigenvalue weighted by Gasteiger charge is -2.30. The lowest BCUT2D eigenvalue weighted by Crippen LogP contribution is -2.40. The Kier molecular flexibility index (Phi) is 5.38. The molecule has 0 atom stereocenters. The third-order valence-corrected chi connectivity index (χ3v) is 3.12. The Morgan fingerprint density at radius 2 is 2.00 bits per heavy atom. The summed E-state index contributed by atoms with van der Waals surface area (Å²) in [6.45, 7) is 13.1. The molecule has 0 spiro atoms. The Balaban J connectivity index is 3.07. The van der Waals surface area contributed by atoms with Crippen LogP contribution in [0, 0.1) is 6.92 Å². The van der Waals surface area contributed by atoms with Crippen molar-refractivity contribution in [2.24, 2.45) is 7.05 Å². The molecule has 0 aliphatic rings. The van der Waals surface area contributed by atoms with Gasteiger partial charge in [0.25, 0.3) is 0 Å². The molecule has 5 nitrogen and oxygen atoms in total. The van der Waals surface area contributed by atoms with E-state index in [1.54, 1.807) is 0 Å². The normalized spacial score (nSPS) is 11.9. The Morgan fingerprint density at radius 3 is 2.47 bits per heavy atom. The van der Waals surface area contributed by atoms with Gasteiger partial charge in [-0.15, -0.1) is 0 Å². The zero-order valence-corrected chi connectivity index (χ0v) is 13.1. The molecule has 0 saturated carbocycles. The van der Waals surface area contributed by atoms with Gasteiger partial charge in [-0.05, 0) is 34.2 Å². The van der Waals surface area contributed by atoms with E-state index < -0.39 is 5.60 Å². The van der Waals surface area contributed by atoms with Crippen molar-refractivity contribution in [2.45, 2.75) is 46.8 Å². The van der Waals surface area contributed by atoms with Gasteiger partial charge in [-0.1, -0.05) is 6.92 Å². The molecule has 2 N–H and O–H groups in total. The van der Waals surface area contributed by atoms with Crippen LogP contribution < -0.4 is 10.2 Å². The number of hydrogen-bond donors (Lipinski definition) is 2. The highest BCUT2D eigenvalue weighted by Gasteiger charge is 2.23. The Morgan fingerprint density at radius 1 is 1.37 bits per heavy atom. The molecule has 0 aliphatic heterocycles. The number of aromatic nitrogens is 2. The molecule has 110 valence electrons. The van der Waals surface area contributed by atoms with Crippen LogP contribution in [0.3, 0.4) is 0 Å². The van der Waals surface area contributed by atoms with Crippen molar-refractivity contribution in [3.05, 3.63) is 11.3 Å². The largest absolute Gasteiger partial charge is 0.389 e. The second-order valence-corrected chi connectivity index (χ2v) is 5.62. The SMILES string of the molecule is CCNCc1c(C)nn(C)c1N(CC)CC(C)(C)O. The van der Waals surface area contributed by atoms with Gasteiger partial charge in [0, 0.05) is 32.2 Å². The first-order valence-electron chi connectivity index (χ1n) is 7.00. The Bertz CT molecular complexity index is 406. The summed E-state index contributed by atoms with van der Waals surface area (Å²) in [6.07, 6.45) is 0. The molecule has 0 amide bonds. The Hall–Kier alpha value is -1.07. The van der Waals surface area contributed by atoms with E-state index in [1.807, 2.05) is 32.5 Å². The van der Waals surface area contributed by atoms with E-state index >= 15 is 0 Å². The maximum Gasteiger partial charge on any atom is 0.131 e. The molecule has 0 fully saturated rings. The van der Waals surface area contributed by atoms with Crippen molar-refractivity contribution in [2.75, 3.05) is 24.5 Å². The maximum atomic E-state index is 10.1. The molecule has 19 heavy (non-hydrogen) atoms. The first kappa shape index (κ1) is 16.0. The highest BCUT2D eigenvalue weighted by atomic mass is 16.3. The van der Waals surface area contributed by atoms with E-state index in [0.717, 1.165) is 31.1 Å². The van der Waals surface area contributed by atoms with Crippen LogP contribution in [0.15, 0.2) is 0 Å². The molecule has 0 radical (unpaired) electrons. The standard InChI is InChI=1S/C14H28N4O/c1-7-15-9-12-11(3)16-17(6)13(12)18(8-2)10-14(4,5)19/h15,19H,7-10H2,1-6H3. The molecule has 0 bridgehead atoms. The number of aryl methyl sites for hydroxylation is 2. The summed E-state index contributed by atoms with van der Waals surface area (Å²) in [5, 5.41) is 17.9. The lowest BCUT2D eigenvalue weighted by molar-refractivity contribution is 0.0872. The Labute approximate surface area is 116 Å². The number of nitrogens with one attached hydrogen (secondary N) is 1. The van der Waals surface area contributed by atoms with E-state index in [4.69, 9.17) is 0 Å². The average Bonchev–Trinajstić information content (AvgIpc) is 2.57. The molecule has 0 aliphatic carbocycles. The predicted octanol–water partition coefficient (Wildman–Crippen LogP) is 1.44. The predicted molar refractivity (Wildman–Crippen MR) is 79.5 cm³/mol. The maximum absolute atomic E-state index is 10.1. The van der Waals surface area contributed by atoms with Gasteiger partial charge in [-0.25, -0.2) is 0 Å². The van der Waals surface area contributed by atoms with Crippen molar-refractivity contribution in [1.82, 2.24) is 15.1 Å². The average molecular weight is 268 g/mol. The second kappa shape index (κ2) is 6.39. The highest BCUT2D eigenvalue weighted by molar-refractivity contribution is 5.50. The van der Waals surface area contributed by atoms with Gasteiger partial charge in [-0.3, -0.25) is 4.68 Å². The van der Waals surface area contributed by atoms with Crippen molar-refractivity contribution in [1.29, 1.82) is 0 Å². The summed E-state index contributed by atoms with van der Waals surface area (Å²) in [7, 11) is 1.96. The van der Waals surface area contributed by atoms with Crippen LogP contribution in [0.1, 0.15) is 39.0 Å². The van der Waals surface area contributed by atoms with E-state index in [0.29, 0.717) is 6.54 Å². The lowest BCUT2D eigenvalue weighted by atomic mass is 10.1. The van der Waals surface area contributed by atoms with Gasteiger partial charge in [0.05, 0.1) is 11.3 Å². The number of hydrogen-bond acceptors (Lipinski definition) is 4. The number of aliphatic hydroxyl groups is 1. The van der Waals surface area contributed by atoms with Gasteiger partial charge in [0.15, 0.2) is 0 Å². The van der Waals surface area contributed by atoms with Crippen LogP contribution in [0.2, 0.25) is 0 Å². The number of rotatable bonds is 7. The summed E-state index contributed by atoms with van der Waals surface area (Å²) in [6, 6.07) is 0. The summed E-state index contributed by atoms with van der Waals surface area (Å²) in [5.74, 6) is 1.10. The van der Waals surface area contributed by atoms with Gasteiger partial charge >= 0.3 is 0 Å². The van der Waals surface area contributed by atoms with E-state index in [2.05, 4.69) is 29.2 Å². The molecule has 0 aromatic carbocycles. The van der Waals surface area contributed by atoms with E-state index in [9.17, 15) is 5.11 Å². The third-order valence-electron chi connectivity index (χ3n) is 3.12. The number of likely N-dealkylation sites (N-methyl/N-ethyl adjacent to an activating group) is 1. The fourth-order valence-electron chi connectivity index (χ4n) is 2.35. The van der Waals surface area contributed by atoms with Crippen molar-refractivity contribution in [3.8, 4) is 0 Å². The van der Waals surface area contributed by atoms with Crippen LogP contribution in [-0.2, 0) is 13.6 Å². The van der Waals surface area contributed by atoms with Crippen LogP contribution in [0.25, 0.3) is 0 Å². The van der Waals surface area contributed by atoms with E-state index in [-0.39, 0.29) is 0 Å². The minimum Gasteiger partial charge on any atom is -0.389 e.